The molecule has 0 aromatic rings. The monoisotopic (exact) mass is 162 g/mol. The fraction of sp³-hybridized carbons (Fsp3) is 1.00. The Morgan fingerprint density at radius 2 is 1.09 bits per heavy atom. The quantitative estimate of drug-likeness (QED) is 0.633. The molecule has 0 aliphatic rings. The van der Waals surface area contributed by atoms with Crippen molar-refractivity contribution in [3.63, 3.8) is 0 Å². The molecule has 0 heterocycles. The van der Waals surface area contributed by atoms with Gasteiger partial charge in [-0.1, -0.05) is 20.8 Å². The molecule has 11 heavy (non-hydrogen) atoms. The van der Waals surface area contributed by atoms with Crippen LogP contribution >= 0.6 is 0 Å². The molecule has 0 saturated heterocycles. The third-order valence-corrected chi connectivity index (χ3v) is 1.34. The fourth-order valence-corrected chi connectivity index (χ4v) is 0.671. The first-order valence-corrected chi connectivity index (χ1v) is 4.16. The smallest absolute Gasteiger partial charge is 0.0121 e. The van der Waals surface area contributed by atoms with Crippen molar-refractivity contribution in [2.24, 2.45) is 0 Å². The molecular formula is C8H22N2O. The summed E-state index contributed by atoms with van der Waals surface area (Å²) in [5.74, 6) is 0. The highest BCUT2D eigenvalue weighted by Gasteiger charge is 1.89. The van der Waals surface area contributed by atoms with Gasteiger partial charge in [0, 0.05) is 14.1 Å². The molecule has 1 N–H and O–H groups in total. The third-order valence-electron chi connectivity index (χ3n) is 1.34. The van der Waals surface area contributed by atoms with E-state index < -0.39 is 0 Å². The van der Waals surface area contributed by atoms with E-state index in [1.807, 2.05) is 0 Å². The first-order chi connectivity index (χ1) is 5.08. The van der Waals surface area contributed by atoms with Gasteiger partial charge in [-0.25, -0.2) is 0 Å². The maximum Gasteiger partial charge on any atom is 0.0121 e. The van der Waals surface area contributed by atoms with E-state index in [-0.39, 0.29) is 0 Å². The number of nitrogens with zero attached hydrogens (tertiary/aromatic N) is 2. The lowest BCUT2D eigenvalue weighted by molar-refractivity contribution is -0.0372. The van der Waals surface area contributed by atoms with Crippen molar-refractivity contribution in [2.45, 2.75) is 20.8 Å². The molecule has 0 aliphatic carbocycles. The lowest BCUT2D eigenvalue weighted by Crippen LogP contribution is -2.21. The molecule has 0 aromatic carbocycles. The number of hydrogen-bond donors (Lipinski definition) is 1. The van der Waals surface area contributed by atoms with Crippen molar-refractivity contribution in [3.05, 3.63) is 0 Å². The van der Waals surface area contributed by atoms with Crippen LogP contribution in [0, 0.1) is 0 Å². The van der Waals surface area contributed by atoms with Gasteiger partial charge in [-0.2, -0.15) is 5.06 Å². The minimum Gasteiger partial charge on any atom is -0.315 e. The summed E-state index contributed by atoms with van der Waals surface area (Å²) in [5.41, 5.74) is 0. The second kappa shape index (κ2) is 9.88. The molecule has 0 spiro atoms. The van der Waals surface area contributed by atoms with E-state index in [1.54, 1.807) is 14.1 Å². The van der Waals surface area contributed by atoms with Crippen molar-refractivity contribution in [2.75, 3.05) is 33.7 Å². The van der Waals surface area contributed by atoms with Crippen LogP contribution in [-0.4, -0.2) is 48.9 Å². The average Bonchev–Trinajstić information content (AvgIpc) is 1.90. The highest BCUT2D eigenvalue weighted by Crippen LogP contribution is 1.81. The lowest BCUT2D eigenvalue weighted by atomic mass is 10.5. The first-order valence-electron chi connectivity index (χ1n) is 4.16. The van der Waals surface area contributed by atoms with Crippen molar-refractivity contribution in [3.8, 4) is 0 Å². The maximum absolute atomic E-state index is 7.89. The Morgan fingerprint density at radius 3 is 1.09 bits per heavy atom. The van der Waals surface area contributed by atoms with E-state index in [0.29, 0.717) is 0 Å². The van der Waals surface area contributed by atoms with Crippen molar-refractivity contribution < 1.29 is 5.21 Å². The van der Waals surface area contributed by atoms with Gasteiger partial charge >= 0.3 is 0 Å². The van der Waals surface area contributed by atoms with Crippen LogP contribution in [0.15, 0.2) is 0 Å². The zero-order chi connectivity index (χ0) is 9.28. The molecule has 3 heteroatoms. The Kier molecular flexibility index (Phi) is 12.1. The molecule has 0 aromatic heterocycles. The van der Waals surface area contributed by atoms with Crippen LogP contribution < -0.4 is 0 Å². The van der Waals surface area contributed by atoms with Crippen molar-refractivity contribution >= 4 is 0 Å². The van der Waals surface area contributed by atoms with Crippen LogP contribution in [0.4, 0.5) is 0 Å². The molecule has 0 saturated carbocycles. The SMILES string of the molecule is CCN(CC)CC.CN(C)O. The first kappa shape index (κ1) is 13.5. The van der Waals surface area contributed by atoms with E-state index in [4.69, 9.17) is 5.21 Å². The highest BCUT2D eigenvalue weighted by molar-refractivity contribution is 4.43. The molecule has 0 aliphatic heterocycles. The summed E-state index contributed by atoms with van der Waals surface area (Å²) in [6.07, 6.45) is 0. The number of rotatable bonds is 3. The zero-order valence-electron chi connectivity index (χ0n) is 8.46. The van der Waals surface area contributed by atoms with Crippen LogP contribution in [0.5, 0.6) is 0 Å². The zero-order valence-corrected chi connectivity index (χ0v) is 8.46. The standard InChI is InChI=1S/C6H15N.C2H7NO/c1-4-7(5-2)6-3;1-3(2)4/h4-6H2,1-3H3;4H,1-2H3. The highest BCUT2D eigenvalue weighted by atomic mass is 16.5. The molecule has 3 nitrogen and oxygen atoms in total. The Bertz CT molecular complexity index is 54.8. The summed E-state index contributed by atoms with van der Waals surface area (Å²) in [6, 6.07) is 0. The van der Waals surface area contributed by atoms with Gasteiger partial charge in [0.15, 0.2) is 0 Å². The Balaban J connectivity index is 0. The van der Waals surface area contributed by atoms with Gasteiger partial charge in [-0.3, -0.25) is 0 Å². The predicted molar refractivity (Wildman–Crippen MR) is 48.9 cm³/mol. The molecule has 0 rings (SSSR count). The van der Waals surface area contributed by atoms with Gasteiger partial charge in [0.2, 0.25) is 0 Å². The Morgan fingerprint density at radius 1 is 0.909 bits per heavy atom. The van der Waals surface area contributed by atoms with E-state index in [1.165, 1.54) is 19.6 Å². The average molecular weight is 162 g/mol. The van der Waals surface area contributed by atoms with Gasteiger partial charge in [0.25, 0.3) is 0 Å². The lowest BCUT2D eigenvalue weighted by Gasteiger charge is -2.13. The molecule has 0 unspecified atom stereocenters. The van der Waals surface area contributed by atoms with Crippen molar-refractivity contribution in [1.82, 2.24) is 9.96 Å². The summed E-state index contributed by atoms with van der Waals surface area (Å²) >= 11 is 0. The summed E-state index contributed by atoms with van der Waals surface area (Å²) in [5, 5.41) is 8.89. The normalized spacial score (nSPS) is 9.82. The van der Waals surface area contributed by atoms with E-state index in [2.05, 4.69) is 25.7 Å². The number of hydrogen-bond acceptors (Lipinski definition) is 3. The van der Waals surface area contributed by atoms with E-state index in [9.17, 15) is 0 Å². The summed E-state index contributed by atoms with van der Waals surface area (Å²) < 4.78 is 0. The van der Waals surface area contributed by atoms with Gasteiger partial charge < -0.3 is 10.1 Å². The van der Waals surface area contributed by atoms with Gasteiger partial charge in [-0.05, 0) is 19.6 Å². The van der Waals surface area contributed by atoms with Crippen LogP contribution in [0.1, 0.15) is 20.8 Å². The number of hydroxylamine groups is 2. The molecule has 0 radical (unpaired) electrons. The maximum atomic E-state index is 7.89. The van der Waals surface area contributed by atoms with Crippen LogP contribution in [0.25, 0.3) is 0 Å². The molecule has 0 fully saturated rings. The van der Waals surface area contributed by atoms with Crippen LogP contribution in [-0.2, 0) is 0 Å². The second-order valence-corrected chi connectivity index (χ2v) is 2.47. The van der Waals surface area contributed by atoms with Crippen LogP contribution in [0.2, 0.25) is 0 Å². The molecule has 0 atom stereocenters. The molecular weight excluding hydrogens is 140 g/mol. The summed E-state index contributed by atoms with van der Waals surface area (Å²) in [6.45, 7) is 10.1. The van der Waals surface area contributed by atoms with Gasteiger partial charge in [0.1, 0.15) is 0 Å². The van der Waals surface area contributed by atoms with Crippen molar-refractivity contribution in [1.29, 1.82) is 0 Å². The molecule has 70 valence electrons. The van der Waals surface area contributed by atoms with E-state index >= 15 is 0 Å². The second-order valence-electron chi connectivity index (χ2n) is 2.47. The largest absolute Gasteiger partial charge is 0.315 e. The topological polar surface area (TPSA) is 26.7 Å². The molecule has 0 amide bonds. The minimum absolute atomic E-state index is 1.00. The minimum atomic E-state index is 1.00. The Labute approximate surface area is 70.6 Å². The summed E-state index contributed by atoms with van der Waals surface area (Å²) in [4.78, 5) is 2.38. The Hall–Kier alpha value is -0.120. The van der Waals surface area contributed by atoms with Crippen LogP contribution in [0.3, 0.4) is 0 Å². The predicted octanol–water partition coefficient (Wildman–Crippen LogP) is 1.29. The fourth-order valence-electron chi connectivity index (χ4n) is 0.671. The summed E-state index contributed by atoms with van der Waals surface area (Å²) in [7, 11) is 3.11. The van der Waals surface area contributed by atoms with E-state index in [0.717, 1.165) is 5.06 Å². The van der Waals surface area contributed by atoms with Gasteiger partial charge in [0.05, 0.1) is 0 Å². The van der Waals surface area contributed by atoms with Gasteiger partial charge in [-0.15, -0.1) is 0 Å². The third kappa shape index (κ3) is 17.7. The molecule has 0 bridgehead atoms.